The highest BCUT2D eigenvalue weighted by Gasteiger charge is 2.23. The standard InChI is InChI=1S/C22H32N4O3/c1-29-21(28)9-7-17-10-14-26(15-11-17)20(27)8-6-18-4-2-5-19(16-18)25-22-23-12-3-13-24-22/h2,4-5,16-17H,3,6-15H2,1H3,(H2,23,24,25). The Balaban J connectivity index is 1.41. The van der Waals surface area contributed by atoms with Crippen molar-refractivity contribution in [3.8, 4) is 0 Å². The number of nitrogens with zero attached hydrogens (tertiary/aromatic N) is 2. The van der Waals surface area contributed by atoms with Crippen LogP contribution in [0.5, 0.6) is 0 Å². The number of carbonyl (C=O) groups is 2. The van der Waals surface area contributed by atoms with Crippen molar-refractivity contribution in [3.63, 3.8) is 0 Å². The number of amides is 1. The van der Waals surface area contributed by atoms with Gasteiger partial charge in [0.15, 0.2) is 5.96 Å². The maximum absolute atomic E-state index is 12.6. The van der Waals surface area contributed by atoms with Gasteiger partial charge in [-0.25, -0.2) is 0 Å². The number of rotatable bonds is 7. The van der Waals surface area contributed by atoms with E-state index in [1.165, 1.54) is 7.11 Å². The molecule has 1 aromatic carbocycles. The molecule has 1 saturated heterocycles. The number of aryl methyl sites for hydroxylation is 1. The Hall–Kier alpha value is -2.57. The van der Waals surface area contributed by atoms with Gasteiger partial charge in [-0.05, 0) is 55.7 Å². The molecule has 7 nitrogen and oxygen atoms in total. The molecule has 2 aliphatic heterocycles. The number of ether oxygens (including phenoxy) is 1. The summed E-state index contributed by atoms with van der Waals surface area (Å²) in [7, 11) is 1.43. The van der Waals surface area contributed by atoms with E-state index in [9.17, 15) is 9.59 Å². The van der Waals surface area contributed by atoms with Crippen molar-refractivity contribution in [2.45, 2.75) is 44.9 Å². The second-order valence-electron chi connectivity index (χ2n) is 7.78. The van der Waals surface area contributed by atoms with Crippen molar-refractivity contribution in [3.05, 3.63) is 29.8 Å². The highest BCUT2D eigenvalue weighted by molar-refractivity contribution is 5.94. The number of nitrogens with one attached hydrogen (secondary N) is 2. The molecule has 0 aliphatic carbocycles. The first-order valence-electron chi connectivity index (χ1n) is 10.6. The first-order valence-corrected chi connectivity index (χ1v) is 10.6. The van der Waals surface area contributed by atoms with Crippen LogP contribution in [0.3, 0.4) is 0 Å². The van der Waals surface area contributed by atoms with Gasteiger partial charge in [0.2, 0.25) is 5.91 Å². The number of methoxy groups -OCH3 is 1. The summed E-state index contributed by atoms with van der Waals surface area (Å²) in [6.45, 7) is 3.37. The second-order valence-corrected chi connectivity index (χ2v) is 7.78. The van der Waals surface area contributed by atoms with Crippen LogP contribution in [0, 0.1) is 5.92 Å². The van der Waals surface area contributed by atoms with Crippen LogP contribution in [-0.2, 0) is 20.7 Å². The molecule has 29 heavy (non-hydrogen) atoms. The molecule has 2 heterocycles. The van der Waals surface area contributed by atoms with Gasteiger partial charge in [0.1, 0.15) is 0 Å². The Bertz CT molecular complexity index is 727. The minimum atomic E-state index is -0.147. The summed E-state index contributed by atoms with van der Waals surface area (Å²) in [5.41, 5.74) is 2.14. The van der Waals surface area contributed by atoms with Crippen molar-refractivity contribution >= 4 is 23.5 Å². The molecule has 2 N–H and O–H groups in total. The lowest BCUT2D eigenvalue weighted by atomic mass is 9.92. The van der Waals surface area contributed by atoms with E-state index in [0.29, 0.717) is 18.8 Å². The quantitative estimate of drug-likeness (QED) is 0.688. The average molecular weight is 401 g/mol. The number of benzene rings is 1. The fourth-order valence-electron chi connectivity index (χ4n) is 3.86. The summed E-state index contributed by atoms with van der Waals surface area (Å²) < 4.78 is 4.71. The molecule has 0 aromatic heterocycles. The molecule has 1 aromatic rings. The third-order valence-corrected chi connectivity index (χ3v) is 5.67. The molecule has 2 aliphatic rings. The van der Waals surface area contributed by atoms with Crippen LogP contribution < -0.4 is 10.6 Å². The van der Waals surface area contributed by atoms with Gasteiger partial charge in [-0.3, -0.25) is 14.6 Å². The lowest BCUT2D eigenvalue weighted by Gasteiger charge is -2.32. The molecule has 0 unspecified atom stereocenters. The van der Waals surface area contributed by atoms with Crippen LogP contribution >= 0.6 is 0 Å². The van der Waals surface area contributed by atoms with Crippen LogP contribution in [0.1, 0.15) is 44.1 Å². The number of hydrogen-bond donors (Lipinski definition) is 2. The van der Waals surface area contributed by atoms with E-state index in [2.05, 4.69) is 27.8 Å². The molecular weight excluding hydrogens is 368 g/mol. The third kappa shape index (κ3) is 6.76. The minimum absolute atomic E-state index is 0.147. The fraction of sp³-hybridized carbons (Fsp3) is 0.591. The van der Waals surface area contributed by atoms with Crippen LogP contribution in [0.2, 0.25) is 0 Å². The summed E-state index contributed by atoms with van der Waals surface area (Å²) in [4.78, 5) is 30.3. The average Bonchev–Trinajstić information content (AvgIpc) is 2.77. The molecule has 3 rings (SSSR count). The van der Waals surface area contributed by atoms with Crippen LogP contribution in [0.4, 0.5) is 5.69 Å². The predicted molar refractivity (Wildman–Crippen MR) is 114 cm³/mol. The molecule has 0 saturated carbocycles. The number of guanidine groups is 1. The number of carbonyl (C=O) groups excluding carboxylic acids is 2. The van der Waals surface area contributed by atoms with Crippen molar-refractivity contribution in [2.75, 3.05) is 38.6 Å². The third-order valence-electron chi connectivity index (χ3n) is 5.67. The Morgan fingerprint density at radius 2 is 2.10 bits per heavy atom. The van der Waals surface area contributed by atoms with Crippen molar-refractivity contribution in [2.24, 2.45) is 10.9 Å². The zero-order chi connectivity index (χ0) is 20.5. The highest BCUT2D eigenvalue weighted by atomic mass is 16.5. The Labute approximate surface area is 172 Å². The van der Waals surface area contributed by atoms with E-state index in [-0.39, 0.29) is 11.9 Å². The normalized spacial score (nSPS) is 17.3. The van der Waals surface area contributed by atoms with Crippen molar-refractivity contribution in [1.82, 2.24) is 10.2 Å². The molecular formula is C22H32N4O3. The topological polar surface area (TPSA) is 83.0 Å². The van der Waals surface area contributed by atoms with E-state index in [1.807, 2.05) is 17.0 Å². The number of aliphatic imine (C=N–C) groups is 1. The van der Waals surface area contributed by atoms with Crippen molar-refractivity contribution in [1.29, 1.82) is 0 Å². The van der Waals surface area contributed by atoms with Gasteiger partial charge >= 0.3 is 5.97 Å². The number of hydrogen-bond acceptors (Lipinski definition) is 6. The van der Waals surface area contributed by atoms with E-state index in [4.69, 9.17) is 4.74 Å². The molecule has 0 bridgehead atoms. The molecule has 158 valence electrons. The van der Waals surface area contributed by atoms with Crippen LogP contribution in [-0.4, -0.2) is 56.0 Å². The monoisotopic (exact) mass is 400 g/mol. The Kier molecular flexibility index (Phi) is 7.90. The SMILES string of the molecule is COC(=O)CCC1CCN(C(=O)CCc2cccc(NC3=NCCCN3)c2)CC1. The van der Waals surface area contributed by atoms with Crippen LogP contribution in [0.25, 0.3) is 0 Å². The first-order chi connectivity index (χ1) is 14.1. The second kappa shape index (κ2) is 10.8. The van der Waals surface area contributed by atoms with E-state index < -0.39 is 0 Å². The number of anilines is 1. The van der Waals surface area contributed by atoms with E-state index in [1.54, 1.807) is 0 Å². The van der Waals surface area contributed by atoms with Gasteiger partial charge in [0.05, 0.1) is 7.11 Å². The molecule has 1 fully saturated rings. The molecule has 0 spiro atoms. The molecule has 0 radical (unpaired) electrons. The lowest BCUT2D eigenvalue weighted by Crippen LogP contribution is -2.38. The maximum Gasteiger partial charge on any atom is 0.305 e. The highest BCUT2D eigenvalue weighted by Crippen LogP contribution is 2.23. The minimum Gasteiger partial charge on any atom is -0.469 e. The summed E-state index contributed by atoms with van der Waals surface area (Å²) >= 11 is 0. The van der Waals surface area contributed by atoms with E-state index >= 15 is 0 Å². The summed E-state index contributed by atoms with van der Waals surface area (Å²) in [5, 5.41) is 6.57. The molecule has 0 atom stereocenters. The van der Waals surface area contributed by atoms with Crippen molar-refractivity contribution < 1.29 is 14.3 Å². The molecule has 1 amide bonds. The summed E-state index contributed by atoms with van der Waals surface area (Å²) in [5.74, 6) is 1.40. The largest absolute Gasteiger partial charge is 0.469 e. The zero-order valence-corrected chi connectivity index (χ0v) is 17.3. The fourth-order valence-corrected chi connectivity index (χ4v) is 3.86. The van der Waals surface area contributed by atoms with Crippen LogP contribution in [0.15, 0.2) is 29.3 Å². The number of likely N-dealkylation sites (tertiary alicyclic amines) is 1. The van der Waals surface area contributed by atoms with Gasteiger partial charge in [-0.1, -0.05) is 12.1 Å². The summed E-state index contributed by atoms with van der Waals surface area (Å²) in [6.07, 6.45) is 5.59. The van der Waals surface area contributed by atoms with Gasteiger partial charge < -0.3 is 20.3 Å². The smallest absolute Gasteiger partial charge is 0.305 e. The maximum atomic E-state index is 12.6. The first kappa shape index (κ1) is 21.1. The van der Waals surface area contributed by atoms with Gasteiger partial charge in [0.25, 0.3) is 0 Å². The predicted octanol–water partition coefficient (Wildman–Crippen LogP) is 2.57. The lowest BCUT2D eigenvalue weighted by molar-refractivity contribution is -0.141. The number of piperidine rings is 1. The van der Waals surface area contributed by atoms with E-state index in [0.717, 1.165) is 75.5 Å². The van der Waals surface area contributed by atoms with Gasteiger partial charge in [0, 0.05) is 44.7 Å². The summed E-state index contributed by atoms with van der Waals surface area (Å²) in [6, 6.07) is 8.18. The zero-order valence-electron chi connectivity index (χ0n) is 17.3. The van der Waals surface area contributed by atoms with Gasteiger partial charge in [-0.15, -0.1) is 0 Å². The number of esters is 1. The molecule has 7 heteroatoms. The van der Waals surface area contributed by atoms with Gasteiger partial charge in [-0.2, -0.15) is 0 Å². The Morgan fingerprint density at radius 3 is 2.83 bits per heavy atom. The Morgan fingerprint density at radius 1 is 1.28 bits per heavy atom.